The maximum absolute atomic E-state index is 11.8. The summed E-state index contributed by atoms with van der Waals surface area (Å²) in [5.74, 6) is -0.165. The van der Waals surface area contributed by atoms with E-state index < -0.39 is 5.91 Å². The molecule has 0 spiro atoms. The van der Waals surface area contributed by atoms with Crippen molar-refractivity contribution in [2.75, 3.05) is 5.73 Å². The van der Waals surface area contributed by atoms with E-state index in [2.05, 4.69) is 20.5 Å². The molecule has 2 rings (SSSR count). The van der Waals surface area contributed by atoms with E-state index in [4.69, 9.17) is 17.3 Å². The molecule has 0 radical (unpaired) electrons. The fourth-order valence-electron chi connectivity index (χ4n) is 1.30. The SMILES string of the molecule is Nc1ccc(Cl)c(C(=O)NCc2cccnn2)n1. The number of halogens is 1. The second kappa shape index (κ2) is 5.42. The molecule has 1 amide bonds. The maximum Gasteiger partial charge on any atom is 0.271 e. The average Bonchev–Trinajstić information content (AvgIpc) is 2.40. The lowest BCUT2D eigenvalue weighted by molar-refractivity contribution is 0.0945. The molecule has 7 heteroatoms. The minimum Gasteiger partial charge on any atom is -0.384 e. The van der Waals surface area contributed by atoms with Crippen LogP contribution < -0.4 is 11.1 Å². The van der Waals surface area contributed by atoms with E-state index in [1.54, 1.807) is 18.3 Å². The van der Waals surface area contributed by atoms with E-state index in [1.807, 2.05) is 0 Å². The lowest BCUT2D eigenvalue weighted by atomic mass is 10.3. The summed E-state index contributed by atoms with van der Waals surface area (Å²) in [6.45, 7) is 0.249. The zero-order chi connectivity index (χ0) is 13.0. The lowest BCUT2D eigenvalue weighted by Crippen LogP contribution is -2.25. The fraction of sp³-hybridized carbons (Fsp3) is 0.0909. The highest BCUT2D eigenvalue weighted by molar-refractivity contribution is 6.33. The first-order valence-electron chi connectivity index (χ1n) is 5.13. The van der Waals surface area contributed by atoms with Gasteiger partial charge in [0.2, 0.25) is 0 Å². The largest absolute Gasteiger partial charge is 0.384 e. The highest BCUT2D eigenvalue weighted by atomic mass is 35.5. The molecular formula is C11H10ClN5O. The Morgan fingerprint density at radius 1 is 1.39 bits per heavy atom. The van der Waals surface area contributed by atoms with E-state index in [0.29, 0.717) is 5.69 Å². The zero-order valence-corrected chi connectivity index (χ0v) is 10.1. The third-order valence-electron chi connectivity index (χ3n) is 2.14. The summed E-state index contributed by atoms with van der Waals surface area (Å²) in [6, 6.07) is 6.55. The molecule has 2 aromatic rings. The summed E-state index contributed by atoms with van der Waals surface area (Å²) < 4.78 is 0. The van der Waals surface area contributed by atoms with E-state index >= 15 is 0 Å². The summed E-state index contributed by atoms with van der Waals surface area (Å²) in [4.78, 5) is 15.7. The smallest absolute Gasteiger partial charge is 0.271 e. The molecule has 0 aliphatic heterocycles. The van der Waals surface area contributed by atoms with Gasteiger partial charge in [0, 0.05) is 6.20 Å². The van der Waals surface area contributed by atoms with Crippen molar-refractivity contribution in [1.82, 2.24) is 20.5 Å². The Hall–Kier alpha value is -2.21. The second-order valence-corrected chi connectivity index (χ2v) is 3.87. The number of carbonyl (C=O) groups excluding carboxylic acids is 1. The van der Waals surface area contributed by atoms with Gasteiger partial charge in [-0.3, -0.25) is 4.79 Å². The molecule has 2 aromatic heterocycles. The van der Waals surface area contributed by atoms with Gasteiger partial charge in [0.1, 0.15) is 11.5 Å². The summed E-state index contributed by atoms with van der Waals surface area (Å²) in [5, 5.41) is 10.4. The highest BCUT2D eigenvalue weighted by Crippen LogP contribution is 2.14. The number of amides is 1. The van der Waals surface area contributed by atoms with Crippen molar-refractivity contribution in [2.45, 2.75) is 6.54 Å². The number of aromatic nitrogens is 3. The predicted molar refractivity (Wildman–Crippen MR) is 66.9 cm³/mol. The first-order valence-corrected chi connectivity index (χ1v) is 5.51. The Kier molecular flexibility index (Phi) is 3.69. The number of nitrogens with zero attached hydrogens (tertiary/aromatic N) is 3. The Bertz CT molecular complexity index is 561. The predicted octanol–water partition coefficient (Wildman–Crippen LogP) is 1.04. The molecule has 2 heterocycles. The number of nitrogen functional groups attached to an aromatic ring is 1. The Labute approximate surface area is 108 Å². The van der Waals surface area contributed by atoms with Gasteiger partial charge in [-0.05, 0) is 24.3 Å². The molecule has 18 heavy (non-hydrogen) atoms. The number of pyridine rings is 1. The molecule has 0 aliphatic rings. The van der Waals surface area contributed by atoms with Gasteiger partial charge in [-0.25, -0.2) is 4.98 Å². The molecule has 3 N–H and O–H groups in total. The van der Waals surface area contributed by atoms with Crippen LogP contribution in [0.1, 0.15) is 16.2 Å². The molecule has 0 saturated heterocycles. The zero-order valence-electron chi connectivity index (χ0n) is 9.30. The van der Waals surface area contributed by atoms with Gasteiger partial charge in [-0.2, -0.15) is 10.2 Å². The minimum absolute atomic E-state index is 0.0977. The number of hydrogen-bond acceptors (Lipinski definition) is 5. The molecule has 0 fully saturated rings. The number of rotatable bonds is 3. The molecule has 6 nitrogen and oxygen atoms in total. The van der Waals surface area contributed by atoms with Crippen LogP contribution in [0, 0.1) is 0 Å². The fourth-order valence-corrected chi connectivity index (χ4v) is 1.49. The average molecular weight is 264 g/mol. The first-order chi connectivity index (χ1) is 8.66. The van der Waals surface area contributed by atoms with Crippen molar-refractivity contribution in [3.8, 4) is 0 Å². The van der Waals surface area contributed by atoms with Gasteiger partial charge in [-0.1, -0.05) is 11.6 Å². The van der Waals surface area contributed by atoms with E-state index in [0.717, 1.165) is 0 Å². The quantitative estimate of drug-likeness (QED) is 0.863. The van der Waals surface area contributed by atoms with Crippen LogP contribution in [-0.4, -0.2) is 21.1 Å². The van der Waals surface area contributed by atoms with Crippen LogP contribution in [0.2, 0.25) is 5.02 Å². The van der Waals surface area contributed by atoms with Crippen molar-refractivity contribution < 1.29 is 4.79 Å². The van der Waals surface area contributed by atoms with Crippen LogP contribution in [0.5, 0.6) is 0 Å². The Morgan fingerprint density at radius 2 is 2.22 bits per heavy atom. The lowest BCUT2D eigenvalue weighted by Gasteiger charge is -2.05. The van der Waals surface area contributed by atoms with Crippen LogP contribution in [0.15, 0.2) is 30.5 Å². The molecule has 92 valence electrons. The first kappa shape index (κ1) is 12.3. The van der Waals surface area contributed by atoms with Crippen molar-refractivity contribution in [2.24, 2.45) is 0 Å². The molecule has 0 aromatic carbocycles. The summed E-state index contributed by atoms with van der Waals surface area (Å²) in [5.41, 5.74) is 6.24. The van der Waals surface area contributed by atoms with Gasteiger partial charge in [0.25, 0.3) is 5.91 Å². The van der Waals surface area contributed by atoms with E-state index in [1.165, 1.54) is 12.1 Å². The molecule has 0 bridgehead atoms. The molecule has 0 saturated carbocycles. The van der Waals surface area contributed by atoms with Gasteiger partial charge < -0.3 is 11.1 Å². The van der Waals surface area contributed by atoms with Gasteiger partial charge in [0.15, 0.2) is 0 Å². The topological polar surface area (TPSA) is 93.8 Å². The van der Waals surface area contributed by atoms with Crippen LogP contribution in [-0.2, 0) is 6.54 Å². The van der Waals surface area contributed by atoms with E-state index in [-0.39, 0.29) is 23.1 Å². The van der Waals surface area contributed by atoms with Crippen molar-refractivity contribution >= 4 is 23.3 Å². The standard InChI is InChI=1S/C11H10ClN5O/c12-8-3-4-9(13)16-10(8)11(18)14-6-7-2-1-5-15-17-7/h1-5H,6H2,(H2,13,16)(H,14,18). The normalized spacial score (nSPS) is 10.1. The molecule has 0 unspecified atom stereocenters. The van der Waals surface area contributed by atoms with Crippen LogP contribution in [0.25, 0.3) is 0 Å². The summed E-state index contributed by atoms with van der Waals surface area (Å²) in [7, 11) is 0. The van der Waals surface area contributed by atoms with Gasteiger partial charge in [0.05, 0.1) is 17.3 Å². The van der Waals surface area contributed by atoms with Crippen LogP contribution in [0.4, 0.5) is 5.82 Å². The summed E-state index contributed by atoms with van der Waals surface area (Å²) >= 11 is 5.87. The molecular weight excluding hydrogens is 254 g/mol. The van der Waals surface area contributed by atoms with Crippen LogP contribution >= 0.6 is 11.6 Å². The number of nitrogens with one attached hydrogen (secondary N) is 1. The van der Waals surface area contributed by atoms with Crippen molar-refractivity contribution in [3.63, 3.8) is 0 Å². The number of carbonyl (C=O) groups is 1. The third kappa shape index (κ3) is 2.92. The number of hydrogen-bond donors (Lipinski definition) is 2. The van der Waals surface area contributed by atoms with Gasteiger partial charge >= 0.3 is 0 Å². The monoisotopic (exact) mass is 263 g/mol. The van der Waals surface area contributed by atoms with Gasteiger partial charge in [-0.15, -0.1) is 0 Å². The van der Waals surface area contributed by atoms with Crippen molar-refractivity contribution in [3.05, 3.63) is 46.9 Å². The van der Waals surface area contributed by atoms with Crippen LogP contribution in [0.3, 0.4) is 0 Å². The number of anilines is 1. The van der Waals surface area contributed by atoms with Crippen molar-refractivity contribution in [1.29, 1.82) is 0 Å². The summed E-state index contributed by atoms with van der Waals surface area (Å²) in [6.07, 6.45) is 1.56. The minimum atomic E-state index is -0.405. The highest BCUT2D eigenvalue weighted by Gasteiger charge is 2.12. The molecule has 0 aliphatic carbocycles. The molecule has 0 atom stereocenters. The Morgan fingerprint density at radius 3 is 2.94 bits per heavy atom. The second-order valence-electron chi connectivity index (χ2n) is 3.46. The van der Waals surface area contributed by atoms with E-state index in [9.17, 15) is 4.79 Å². The maximum atomic E-state index is 11.8. The number of nitrogens with two attached hydrogens (primary N) is 1. The third-order valence-corrected chi connectivity index (χ3v) is 2.45. The Balaban J connectivity index is 2.06.